The summed E-state index contributed by atoms with van der Waals surface area (Å²) in [5.74, 6) is -2.89. The fourth-order valence-electron chi connectivity index (χ4n) is 3.34. The van der Waals surface area contributed by atoms with Crippen molar-refractivity contribution in [2.24, 2.45) is 4.99 Å². The van der Waals surface area contributed by atoms with Gasteiger partial charge < -0.3 is 14.7 Å². The number of likely N-dealkylation sites (tertiary alicyclic amines) is 1. The second kappa shape index (κ2) is 8.82. The standard InChI is InChI=1S/C21H26F2N2O3/c1-3-28-21(27)17(12-24-14-4-5-14)20(26)16-11-18(22)15(10-19(16)23)13-6-8-25(2)9-7-13/h10-14,26H,3-9H2,1-2H3. The molecule has 0 radical (unpaired) electrons. The first-order valence-corrected chi connectivity index (χ1v) is 9.72. The van der Waals surface area contributed by atoms with Crippen molar-refractivity contribution in [3.63, 3.8) is 0 Å². The van der Waals surface area contributed by atoms with E-state index in [4.69, 9.17) is 4.74 Å². The minimum Gasteiger partial charge on any atom is -0.506 e. The smallest absolute Gasteiger partial charge is 0.343 e. The Bertz CT molecular complexity index is 795. The van der Waals surface area contributed by atoms with E-state index in [1.165, 1.54) is 6.21 Å². The van der Waals surface area contributed by atoms with Crippen molar-refractivity contribution < 1.29 is 23.4 Å². The van der Waals surface area contributed by atoms with E-state index in [1.54, 1.807) is 6.92 Å². The molecule has 28 heavy (non-hydrogen) atoms. The fraction of sp³-hybridized carbons (Fsp3) is 0.524. The van der Waals surface area contributed by atoms with Gasteiger partial charge in [-0.1, -0.05) is 0 Å². The van der Waals surface area contributed by atoms with Gasteiger partial charge in [-0.25, -0.2) is 13.6 Å². The highest BCUT2D eigenvalue weighted by Crippen LogP contribution is 2.32. The van der Waals surface area contributed by atoms with Crippen molar-refractivity contribution >= 4 is 17.9 Å². The Balaban J connectivity index is 1.94. The zero-order chi connectivity index (χ0) is 20.3. The molecule has 5 nitrogen and oxygen atoms in total. The van der Waals surface area contributed by atoms with Crippen LogP contribution in [0.3, 0.4) is 0 Å². The predicted octanol–water partition coefficient (Wildman–Crippen LogP) is 3.84. The number of benzene rings is 1. The lowest BCUT2D eigenvalue weighted by molar-refractivity contribution is -0.137. The number of aliphatic imine (C=N–C) groups is 1. The van der Waals surface area contributed by atoms with Gasteiger partial charge in [-0.3, -0.25) is 4.99 Å². The van der Waals surface area contributed by atoms with Gasteiger partial charge in [0.25, 0.3) is 0 Å². The van der Waals surface area contributed by atoms with Crippen LogP contribution in [0.1, 0.15) is 49.7 Å². The van der Waals surface area contributed by atoms with E-state index in [9.17, 15) is 18.7 Å². The van der Waals surface area contributed by atoms with Crippen LogP contribution in [-0.4, -0.2) is 55.0 Å². The molecule has 0 atom stereocenters. The van der Waals surface area contributed by atoms with E-state index in [-0.39, 0.29) is 29.7 Å². The molecular formula is C21H26F2N2O3. The van der Waals surface area contributed by atoms with E-state index < -0.39 is 23.4 Å². The van der Waals surface area contributed by atoms with Crippen molar-refractivity contribution in [1.29, 1.82) is 0 Å². The Morgan fingerprint density at radius 2 is 1.93 bits per heavy atom. The van der Waals surface area contributed by atoms with Crippen LogP contribution in [0.25, 0.3) is 5.76 Å². The van der Waals surface area contributed by atoms with Crippen LogP contribution < -0.4 is 0 Å². The number of rotatable bonds is 6. The van der Waals surface area contributed by atoms with E-state index >= 15 is 0 Å². The normalized spacial score (nSPS) is 19.7. The molecule has 2 aliphatic rings. The molecule has 2 fully saturated rings. The number of aliphatic hydroxyl groups is 1. The maximum absolute atomic E-state index is 14.8. The number of hydrogen-bond acceptors (Lipinski definition) is 5. The highest BCUT2D eigenvalue weighted by molar-refractivity contribution is 6.15. The average Bonchev–Trinajstić information content (AvgIpc) is 3.49. The summed E-state index contributed by atoms with van der Waals surface area (Å²) in [6.07, 6.45) is 4.50. The molecule has 0 amide bonds. The van der Waals surface area contributed by atoms with E-state index in [0.717, 1.165) is 50.9 Å². The largest absolute Gasteiger partial charge is 0.506 e. The predicted molar refractivity (Wildman–Crippen MR) is 104 cm³/mol. The number of nitrogens with zero attached hydrogens (tertiary/aromatic N) is 2. The Hall–Kier alpha value is -2.28. The maximum atomic E-state index is 14.8. The summed E-state index contributed by atoms with van der Waals surface area (Å²) in [6, 6.07) is 2.20. The van der Waals surface area contributed by atoms with Crippen LogP contribution in [0, 0.1) is 11.6 Å². The number of carbonyl (C=O) groups excluding carboxylic acids is 1. The first-order valence-electron chi connectivity index (χ1n) is 9.72. The second-order valence-electron chi connectivity index (χ2n) is 7.42. The second-order valence-corrected chi connectivity index (χ2v) is 7.42. The molecule has 1 aromatic rings. The molecule has 1 aliphatic heterocycles. The van der Waals surface area contributed by atoms with Crippen molar-refractivity contribution in [3.8, 4) is 0 Å². The SMILES string of the molecule is CCOC(=O)C(C=NC1CC1)=C(O)c1cc(F)c(C2CCN(C)CC2)cc1F. The molecule has 1 aromatic carbocycles. The van der Waals surface area contributed by atoms with E-state index in [2.05, 4.69) is 9.89 Å². The number of hydrogen-bond donors (Lipinski definition) is 1. The Labute approximate surface area is 163 Å². The molecule has 7 heteroatoms. The maximum Gasteiger partial charge on any atom is 0.343 e. The highest BCUT2D eigenvalue weighted by atomic mass is 19.1. The van der Waals surface area contributed by atoms with Crippen LogP contribution >= 0.6 is 0 Å². The summed E-state index contributed by atoms with van der Waals surface area (Å²) in [6.45, 7) is 3.37. The van der Waals surface area contributed by atoms with Gasteiger partial charge in [0.2, 0.25) is 0 Å². The third-order valence-electron chi connectivity index (χ3n) is 5.21. The molecule has 1 heterocycles. The molecule has 0 aromatic heterocycles. The molecular weight excluding hydrogens is 366 g/mol. The quantitative estimate of drug-likeness (QED) is 0.346. The zero-order valence-corrected chi connectivity index (χ0v) is 16.3. The van der Waals surface area contributed by atoms with E-state index in [1.807, 2.05) is 7.05 Å². The lowest BCUT2D eigenvalue weighted by atomic mass is 9.88. The minimum atomic E-state index is -0.816. The zero-order valence-electron chi connectivity index (χ0n) is 16.3. The number of aliphatic hydroxyl groups excluding tert-OH is 1. The number of halogens is 2. The molecule has 1 saturated heterocycles. The van der Waals surface area contributed by atoms with Gasteiger partial charge in [0.05, 0.1) is 18.2 Å². The lowest BCUT2D eigenvalue weighted by Crippen LogP contribution is -2.29. The van der Waals surface area contributed by atoms with Crippen molar-refractivity contribution in [2.75, 3.05) is 26.7 Å². The Kier molecular flexibility index (Phi) is 6.44. The average molecular weight is 392 g/mol. The van der Waals surface area contributed by atoms with Gasteiger partial charge in [-0.15, -0.1) is 0 Å². The highest BCUT2D eigenvalue weighted by Gasteiger charge is 2.26. The number of ether oxygens (including phenoxy) is 1. The summed E-state index contributed by atoms with van der Waals surface area (Å²) in [5.41, 5.74) is -0.315. The molecule has 0 spiro atoms. The van der Waals surface area contributed by atoms with Gasteiger partial charge in [-0.05, 0) is 76.4 Å². The number of esters is 1. The summed E-state index contributed by atoms with van der Waals surface area (Å²) in [5, 5.41) is 10.5. The first-order chi connectivity index (χ1) is 13.4. The minimum absolute atomic E-state index is 0.0631. The summed E-state index contributed by atoms with van der Waals surface area (Å²) in [4.78, 5) is 18.5. The molecule has 152 valence electrons. The van der Waals surface area contributed by atoms with Gasteiger partial charge in [0.15, 0.2) is 0 Å². The molecule has 1 N–H and O–H groups in total. The molecule has 3 rings (SSSR count). The van der Waals surface area contributed by atoms with Gasteiger partial charge in [0, 0.05) is 6.21 Å². The van der Waals surface area contributed by atoms with Crippen LogP contribution in [-0.2, 0) is 9.53 Å². The van der Waals surface area contributed by atoms with Crippen molar-refractivity contribution in [1.82, 2.24) is 4.90 Å². The van der Waals surface area contributed by atoms with Crippen molar-refractivity contribution in [2.45, 2.75) is 44.6 Å². The first kappa shape index (κ1) is 20.5. The monoisotopic (exact) mass is 392 g/mol. The van der Waals surface area contributed by atoms with Crippen LogP contribution in [0.2, 0.25) is 0 Å². The molecule has 0 bridgehead atoms. The molecule has 1 aliphatic carbocycles. The van der Waals surface area contributed by atoms with Crippen LogP contribution in [0.15, 0.2) is 22.7 Å². The Morgan fingerprint density at radius 1 is 1.25 bits per heavy atom. The summed E-state index contributed by atoms with van der Waals surface area (Å²) in [7, 11) is 2.00. The third-order valence-corrected chi connectivity index (χ3v) is 5.21. The Morgan fingerprint density at radius 3 is 2.54 bits per heavy atom. The lowest BCUT2D eigenvalue weighted by Gasteiger charge is -2.29. The van der Waals surface area contributed by atoms with Gasteiger partial charge in [-0.2, -0.15) is 0 Å². The van der Waals surface area contributed by atoms with Gasteiger partial charge in [0.1, 0.15) is 23.0 Å². The fourth-order valence-corrected chi connectivity index (χ4v) is 3.34. The molecule has 0 unspecified atom stereocenters. The van der Waals surface area contributed by atoms with E-state index in [0.29, 0.717) is 5.56 Å². The molecule has 1 saturated carbocycles. The third kappa shape index (κ3) is 4.76. The van der Waals surface area contributed by atoms with Gasteiger partial charge >= 0.3 is 5.97 Å². The number of carbonyl (C=O) groups is 1. The summed E-state index contributed by atoms with van der Waals surface area (Å²) < 4.78 is 34.4. The summed E-state index contributed by atoms with van der Waals surface area (Å²) >= 11 is 0. The van der Waals surface area contributed by atoms with Crippen LogP contribution in [0.4, 0.5) is 8.78 Å². The van der Waals surface area contributed by atoms with Crippen LogP contribution in [0.5, 0.6) is 0 Å². The topological polar surface area (TPSA) is 62.1 Å². The number of piperidine rings is 1. The van der Waals surface area contributed by atoms with Crippen molar-refractivity contribution in [3.05, 3.63) is 40.5 Å².